The smallest absolute Gasteiger partial charge is 0.0678 e. The maximum Gasteiger partial charge on any atom is 0.0678 e. The third-order valence-corrected chi connectivity index (χ3v) is 3.87. The van der Waals surface area contributed by atoms with Gasteiger partial charge >= 0.3 is 0 Å². The molecule has 2 fully saturated rings. The third kappa shape index (κ3) is 2.94. The number of hydrogen-bond donors (Lipinski definition) is 0. The van der Waals surface area contributed by atoms with E-state index >= 15 is 0 Å². The van der Waals surface area contributed by atoms with Gasteiger partial charge in [-0.2, -0.15) is 0 Å². The van der Waals surface area contributed by atoms with Crippen LogP contribution < -0.4 is 0 Å². The van der Waals surface area contributed by atoms with Gasteiger partial charge in [0.15, 0.2) is 0 Å². The van der Waals surface area contributed by atoms with E-state index in [0.717, 1.165) is 25.0 Å². The van der Waals surface area contributed by atoms with Crippen molar-refractivity contribution in [3.05, 3.63) is 0 Å². The molecule has 1 saturated heterocycles. The molecule has 2 nitrogen and oxygen atoms in total. The number of ether oxygens (including phenoxy) is 1. The van der Waals surface area contributed by atoms with E-state index in [1.807, 2.05) is 0 Å². The highest BCUT2D eigenvalue weighted by Gasteiger charge is 2.30. The Hall–Kier alpha value is -0.0800. The van der Waals surface area contributed by atoms with Crippen LogP contribution in [0.15, 0.2) is 0 Å². The molecule has 0 amide bonds. The minimum absolute atomic E-state index is 0.422. The Morgan fingerprint density at radius 3 is 2.27 bits per heavy atom. The zero-order chi connectivity index (χ0) is 10.8. The van der Waals surface area contributed by atoms with Crippen LogP contribution in [0.25, 0.3) is 0 Å². The Morgan fingerprint density at radius 1 is 1.00 bits per heavy atom. The lowest BCUT2D eigenvalue weighted by Gasteiger charge is -2.42. The Balaban J connectivity index is 1.91. The second kappa shape index (κ2) is 4.84. The number of nitrogens with zero attached hydrogens (tertiary/aromatic N) is 1. The van der Waals surface area contributed by atoms with Crippen LogP contribution in [0.2, 0.25) is 0 Å². The fraction of sp³-hybridized carbons (Fsp3) is 1.00. The number of morpholine rings is 1. The Bertz CT molecular complexity index is 197. The Labute approximate surface area is 94.0 Å². The van der Waals surface area contributed by atoms with Crippen molar-refractivity contribution in [1.29, 1.82) is 0 Å². The zero-order valence-electron chi connectivity index (χ0n) is 10.4. The van der Waals surface area contributed by atoms with E-state index in [4.69, 9.17) is 4.74 Å². The van der Waals surface area contributed by atoms with E-state index in [9.17, 15) is 0 Å². The zero-order valence-corrected chi connectivity index (χ0v) is 10.4. The maximum absolute atomic E-state index is 5.79. The van der Waals surface area contributed by atoms with E-state index in [1.165, 1.54) is 25.7 Å². The van der Waals surface area contributed by atoms with E-state index in [0.29, 0.717) is 12.2 Å². The molecule has 0 unspecified atom stereocenters. The van der Waals surface area contributed by atoms with Gasteiger partial charge in [0.05, 0.1) is 12.2 Å². The molecule has 0 aromatic rings. The standard InChI is InChI=1S/C13H25NO/c1-10-5-4-6-13(7-10)14-8-11(2)15-12(3)9-14/h10-13H,4-9H2,1-3H3/t10-,11+,12+,13+/m0/s1. The molecular formula is C13H25NO. The van der Waals surface area contributed by atoms with Crippen molar-refractivity contribution < 1.29 is 4.74 Å². The molecule has 4 atom stereocenters. The van der Waals surface area contributed by atoms with Crippen molar-refractivity contribution in [2.75, 3.05) is 13.1 Å². The van der Waals surface area contributed by atoms with Gasteiger partial charge in [-0.15, -0.1) is 0 Å². The lowest BCUT2D eigenvalue weighted by Crippen LogP contribution is -2.51. The molecule has 0 spiro atoms. The monoisotopic (exact) mass is 211 g/mol. The fourth-order valence-corrected chi connectivity index (χ4v) is 3.25. The van der Waals surface area contributed by atoms with Gasteiger partial charge in [-0.1, -0.05) is 19.8 Å². The molecule has 1 saturated carbocycles. The molecule has 0 aromatic heterocycles. The summed E-state index contributed by atoms with van der Waals surface area (Å²) in [6.45, 7) is 9.09. The molecule has 0 radical (unpaired) electrons. The molecule has 15 heavy (non-hydrogen) atoms. The van der Waals surface area contributed by atoms with E-state index < -0.39 is 0 Å². The summed E-state index contributed by atoms with van der Waals surface area (Å²) in [6.07, 6.45) is 6.51. The topological polar surface area (TPSA) is 12.5 Å². The molecule has 0 N–H and O–H groups in total. The molecule has 0 aromatic carbocycles. The third-order valence-electron chi connectivity index (χ3n) is 3.87. The van der Waals surface area contributed by atoms with Gasteiger partial charge in [0, 0.05) is 19.1 Å². The van der Waals surface area contributed by atoms with Crippen molar-refractivity contribution in [2.24, 2.45) is 5.92 Å². The summed E-state index contributed by atoms with van der Waals surface area (Å²) in [5.41, 5.74) is 0. The van der Waals surface area contributed by atoms with Crippen molar-refractivity contribution in [1.82, 2.24) is 4.90 Å². The molecule has 1 aliphatic carbocycles. The summed E-state index contributed by atoms with van der Waals surface area (Å²) in [4.78, 5) is 2.68. The first-order valence-electron chi connectivity index (χ1n) is 6.54. The first kappa shape index (κ1) is 11.4. The lowest BCUT2D eigenvalue weighted by molar-refractivity contribution is -0.0858. The maximum atomic E-state index is 5.79. The Morgan fingerprint density at radius 2 is 1.67 bits per heavy atom. The number of hydrogen-bond acceptors (Lipinski definition) is 2. The summed E-state index contributed by atoms with van der Waals surface area (Å²) in [7, 11) is 0. The molecule has 2 aliphatic rings. The van der Waals surface area contributed by atoms with Crippen LogP contribution in [0.4, 0.5) is 0 Å². The first-order valence-corrected chi connectivity index (χ1v) is 6.54. The minimum atomic E-state index is 0.422. The SMILES string of the molecule is C[C@H]1CCC[C@@H](N2C[C@@H](C)O[C@H](C)C2)C1. The van der Waals surface area contributed by atoms with Crippen LogP contribution in [0.3, 0.4) is 0 Å². The number of rotatable bonds is 1. The first-order chi connectivity index (χ1) is 7.15. The summed E-state index contributed by atoms with van der Waals surface area (Å²) < 4.78 is 5.79. The average Bonchev–Trinajstić information content (AvgIpc) is 2.16. The molecule has 1 heterocycles. The van der Waals surface area contributed by atoms with Crippen LogP contribution >= 0.6 is 0 Å². The largest absolute Gasteiger partial charge is 0.373 e. The van der Waals surface area contributed by atoms with Crippen molar-refractivity contribution in [3.63, 3.8) is 0 Å². The summed E-state index contributed by atoms with van der Waals surface area (Å²) in [6, 6.07) is 0.836. The average molecular weight is 211 g/mol. The van der Waals surface area contributed by atoms with Gasteiger partial charge in [0.2, 0.25) is 0 Å². The van der Waals surface area contributed by atoms with Crippen LogP contribution in [-0.2, 0) is 4.74 Å². The summed E-state index contributed by atoms with van der Waals surface area (Å²) >= 11 is 0. The quantitative estimate of drug-likeness (QED) is 0.661. The van der Waals surface area contributed by atoms with Gasteiger partial charge < -0.3 is 4.74 Å². The summed E-state index contributed by atoms with van der Waals surface area (Å²) in [5, 5.41) is 0. The van der Waals surface area contributed by atoms with Crippen LogP contribution in [0.1, 0.15) is 46.5 Å². The predicted molar refractivity (Wildman–Crippen MR) is 63.0 cm³/mol. The van der Waals surface area contributed by atoms with Crippen molar-refractivity contribution in [3.8, 4) is 0 Å². The van der Waals surface area contributed by atoms with Gasteiger partial charge in [0.1, 0.15) is 0 Å². The van der Waals surface area contributed by atoms with Crippen LogP contribution in [-0.4, -0.2) is 36.2 Å². The van der Waals surface area contributed by atoms with E-state index in [1.54, 1.807) is 0 Å². The van der Waals surface area contributed by atoms with Gasteiger partial charge in [0.25, 0.3) is 0 Å². The van der Waals surface area contributed by atoms with Crippen molar-refractivity contribution >= 4 is 0 Å². The molecular weight excluding hydrogens is 186 g/mol. The second-order valence-electron chi connectivity index (χ2n) is 5.64. The van der Waals surface area contributed by atoms with Crippen LogP contribution in [0.5, 0.6) is 0 Å². The summed E-state index contributed by atoms with van der Waals surface area (Å²) in [5.74, 6) is 0.928. The minimum Gasteiger partial charge on any atom is -0.373 e. The fourth-order valence-electron chi connectivity index (χ4n) is 3.25. The molecule has 2 heteroatoms. The van der Waals surface area contributed by atoms with E-state index in [-0.39, 0.29) is 0 Å². The molecule has 2 rings (SSSR count). The van der Waals surface area contributed by atoms with Gasteiger partial charge in [-0.25, -0.2) is 0 Å². The highest BCUT2D eigenvalue weighted by atomic mass is 16.5. The Kier molecular flexibility index (Phi) is 3.68. The highest BCUT2D eigenvalue weighted by Crippen LogP contribution is 2.29. The molecule has 0 bridgehead atoms. The van der Waals surface area contributed by atoms with Gasteiger partial charge in [-0.05, 0) is 32.6 Å². The van der Waals surface area contributed by atoms with Crippen molar-refractivity contribution in [2.45, 2.75) is 64.7 Å². The highest BCUT2D eigenvalue weighted by molar-refractivity contribution is 4.83. The predicted octanol–water partition coefficient (Wildman–Crippen LogP) is 2.67. The van der Waals surface area contributed by atoms with Crippen LogP contribution in [0, 0.1) is 5.92 Å². The molecule has 1 aliphatic heterocycles. The van der Waals surface area contributed by atoms with E-state index in [2.05, 4.69) is 25.7 Å². The van der Waals surface area contributed by atoms with Gasteiger partial charge in [-0.3, -0.25) is 4.90 Å². The lowest BCUT2D eigenvalue weighted by atomic mass is 9.86. The second-order valence-corrected chi connectivity index (χ2v) is 5.64. The normalized spacial score (nSPS) is 44.2. The molecule has 88 valence electrons.